The van der Waals surface area contributed by atoms with E-state index in [1.54, 1.807) is 31.2 Å². The summed E-state index contributed by atoms with van der Waals surface area (Å²) < 4.78 is 10.9. The van der Waals surface area contributed by atoms with E-state index in [9.17, 15) is 9.59 Å². The summed E-state index contributed by atoms with van der Waals surface area (Å²) >= 11 is 0. The van der Waals surface area contributed by atoms with Crippen molar-refractivity contribution >= 4 is 11.9 Å². The van der Waals surface area contributed by atoms with Crippen molar-refractivity contribution in [2.24, 2.45) is 5.73 Å². The van der Waals surface area contributed by atoms with Gasteiger partial charge in [-0.1, -0.05) is 44.4 Å². The van der Waals surface area contributed by atoms with Gasteiger partial charge >= 0.3 is 11.9 Å². The molecule has 1 aromatic rings. The molecule has 158 valence electrons. The average Bonchev–Trinajstić information content (AvgIpc) is 2.69. The molecule has 1 heterocycles. The molecule has 0 saturated carbocycles. The number of esters is 2. The van der Waals surface area contributed by atoms with Crippen molar-refractivity contribution in [2.45, 2.75) is 83.5 Å². The highest BCUT2D eigenvalue weighted by Gasteiger charge is 2.24. The maximum atomic E-state index is 12.1. The lowest BCUT2D eigenvalue weighted by Crippen LogP contribution is -2.36. The van der Waals surface area contributed by atoms with E-state index in [1.165, 1.54) is 6.42 Å². The molecule has 0 aromatic heterocycles. The fraction of sp³-hybridized carbons (Fsp3) is 0.636. The molecule has 1 aromatic carbocycles. The topological polar surface area (TPSA) is 98.9 Å². The quantitative estimate of drug-likeness (QED) is 0.586. The van der Waals surface area contributed by atoms with Crippen LogP contribution in [0.1, 0.15) is 75.6 Å². The van der Waals surface area contributed by atoms with E-state index in [0.29, 0.717) is 25.0 Å². The normalized spacial score (nSPS) is 23.0. The number of unbranched alkanes of at least 4 members (excludes halogenated alkanes) is 2. The summed E-state index contributed by atoms with van der Waals surface area (Å²) in [5.41, 5.74) is 6.30. The predicted octanol–water partition coefficient (Wildman–Crippen LogP) is 3.60. The molecule has 1 fully saturated rings. The number of cyclic esters (lactones) is 1. The summed E-state index contributed by atoms with van der Waals surface area (Å²) in [6.45, 7) is 4.28. The third-order valence-electron chi connectivity index (χ3n) is 4.55. The minimum absolute atomic E-state index is 0.246. The molecule has 6 heteroatoms. The highest BCUT2D eigenvalue weighted by molar-refractivity contribution is 5.89. The van der Waals surface area contributed by atoms with Crippen LogP contribution in [-0.4, -0.2) is 41.9 Å². The van der Waals surface area contributed by atoms with Gasteiger partial charge in [-0.2, -0.15) is 0 Å². The zero-order chi connectivity index (χ0) is 20.8. The maximum Gasteiger partial charge on any atom is 0.338 e. The van der Waals surface area contributed by atoms with Gasteiger partial charge in [-0.05, 0) is 44.7 Å². The van der Waals surface area contributed by atoms with Gasteiger partial charge in [0.25, 0.3) is 0 Å². The number of rotatable bonds is 5. The Morgan fingerprint density at radius 2 is 1.89 bits per heavy atom. The molecule has 0 spiro atoms. The number of nitrogens with two attached hydrogens (primary N) is 1. The highest BCUT2D eigenvalue weighted by Crippen LogP contribution is 2.19. The number of aliphatic hydroxyl groups excluding tert-OH is 1. The Kier molecular flexibility index (Phi) is 12.2. The number of aliphatic hydroxyl groups is 1. The first kappa shape index (κ1) is 24.1. The van der Waals surface area contributed by atoms with Crippen molar-refractivity contribution < 1.29 is 24.2 Å². The molecule has 0 radical (unpaired) electrons. The number of benzene rings is 1. The Morgan fingerprint density at radius 1 is 1.21 bits per heavy atom. The molecule has 2 unspecified atom stereocenters. The molecule has 1 aliphatic rings. The van der Waals surface area contributed by atoms with Crippen LogP contribution in [-0.2, 0) is 14.3 Å². The first-order chi connectivity index (χ1) is 13.5. The Morgan fingerprint density at radius 3 is 2.50 bits per heavy atom. The van der Waals surface area contributed by atoms with Crippen molar-refractivity contribution in [2.75, 3.05) is 6.61 Å². The van der Waals surface area contributed by atoms with Crippen LogP contribution in [0.4, 0.5) is 0 Å². The fourth-order valence-electron chi connectivity index (χ4n) is 2.94. The van der Waals surface area contributed by atoms with E-state index in [1.807, 2.05) is 6.07 Å². The van der Waals surface area contributed by atoms with E-state index in [2.05, 4.69) is 6.92 Å². The number of carbonyl (C=O) groups excluding carboxylic acids is 2. The second-order valence-electron chi connectivity index (χ2n) is 7.20. The maximum absolute atomic E-state index is 12.1. The van der Waals surface area contributed by atoms with E-state index in [4.69, 9.17) is 20.3 Å². The summed E-state index contributed by atoms with van der Waals surface area (Å²) in [5, 5.41) is 8.20. The molecule has 3 atom stereocenters. The van der Waals surface area contributed by atoms with Crippen molar-refractivity contribution in [1.29, 1.82) is 0 Å². The number of hydrogen-bond acceptors (Lipinski definition) is 6. The van der Waals surface area contributed by atoms with Crippen molar-refractivity contribution in [3.8, 4) is 0 Å². The van der Waals surface area contributed by atoms with Crippen molar-refractivity contribution in [3.63, 3.8) is 0 Å². The summed E-state index contributed by atoms with van der Waals surface area (Å²) in [6.07, 6.45) is 6.32. The molecule has 0 bridgehead atoms. The van der Waals surface area contributed by atoms with Crippen LogP contribution in [0.3, 0.4) is 0 Å². The van der Waals surface area contributed by atoms with Crippen LogP contribution in [0, 0.1) is 0 Å². The SMILES string of the molecule is CC1CC(OC(=O)c2ccccc2)CCCC[C@H](N)C(=O)O1.CCCCCO. The third kappa shape index (κ3) is 9.85. The van der Waals surface area contributed by atoms with Crippen molar-refractivity contribution in [3.05, 3.63) is 35.9 Å². The van der Waals surface area contributed by atoms with Crippen LogP contribution < -0.4 is 5.73 Å². The first-order valence-corrected chi connectivity index (χ1v) is 10.3. The Labute approximate surface area is 168 Å². The molecule has 28 heavy (non-hydrogen) atoms. The molecule has 2 rings (SSSR count). The van der Waals surface area contributed by atoms with E-state index < -0.39 is 6.04 Å². The van der Waals surface area contributed by atoms with Gasteiger partial charge in [0.2, 0.25) is 0 Å². The minimum atomic E-state index is -0.550. The summed E-state index contributed by atoms with van der Waals surface area (Å²) in [4.78, 5) is 23.9. The monoisotopic (exact) mass is 393 g/mol. The Hall–Kier alpha value is -1.92. The standard InChI is InChI=1S/C17H23NO4.C5H12O/c1-12-11-14(9-5-6-10-15(18)17(20)21-12)22-16(19)13-7-3-2-4-8-13;1-2-3-4-5-6/h2-4,7-8,12,14-15H,5-6,9-11,18H2,1H3;6H,2-5H2,1H3/t12?,14?,15-;/m0./s1. The Bertz CT molecular complexity index is 559. The number of hydrogen-bond donors (Lipinski definition) is 2. The zero-order valence-corrected chi connectivity index (χ0v) is 17.1. The first-order valence-electron chi connectivity index (χ1n) is 10.3. The van der Waals surface area contributed by atoms with Crippen LogP contribution >= 0.6 is 0 Å². The molecule has 6 nitrogen and oxygen atoms in total. The smallest absolute Gasteiger partial charge is 0.338 e. The third-order valence-corrected chi connectivity index (χ3v) is 4.55. The lowest BCUT2D eigenvalue weighted by Gasteiger charge is -2.24. The van der Waals surface area contributed by atoms with Gasteiger partial charge < -0.3 is 20.3 Å². The van der Waals surface area contributed by atoms with Gasteiger partial charge in [-0.3, -0.25) is 4.79 Å². The van der Waals surface area contributed by atoms with Gasteiger partial charge in [0.05, 0.1) is 5.56 Å². The summed E-state index contributed by atoms with van der Waals surface area (Å²) in [6, 6.07) is 8.36. The summed E-state index contributed by atoms with van der Waals surface area (Å²) in [5.74, 6) is -0.708. The van der Waals surface area contributed by atoms with Crippen LogP contribution in [0.5, 0.6) is 0 Å². The van der Waals surface area contributed by atoms with Gasteiger partial charge in [-0.25, -0.2) is 4.79 Å². The predicted molar refractivity (Wildman–Crippen MR) is 109 cm³/mol. The van der Waals surface area contributed by atoms with Gasteiger partial charge in [0.1, 0.15) is 18.2 Å². The van der Waals surface area contributed by atoms with Crippen LogP contribution in [0.25, 0.3) is 0 Å². The lowest BCUT2D eigenvalue weighted by molar-refractivity contribution is -0.151. The minimum Gasteiger partial charge on any atom is -0.461 e. The largest absolute Gasteiger partial charge is 0.461 e. The second kappa shape index (κ2) is 14.1. The molecule has 0 aliphatic carbocycles. The van der Waals surface area contributed by atoms with Crippen LogP contribution in [0.15, 0.2) is 30.3 Å². The fourth-order valence-corrected chi connectivity index (χ4v) is 2.94. The molecule has 3 N–H and O–H groups in total. The molecule has 1 saturated heterocycles. The second-order valence-corrected chi connectivity index (χ2v) is 7.20. The van der Waals surface area contributed by atoms with E-state index in [-0.39, 0.29) is 24.1 Å². The Balaban J connectivity index is 0.000000568. The zero-order valence-electron chi connectivity index (χ0n) is 17.1. The lowest BCUT2D eigenvalue weighted by atomic mass is 10.0. The van der Waals surface area contributed by atoms with Crippen molar-refractivity contribution in [1.82, 2.24) is 0 Å². The van der Waals surface area contributed by atoms with E-state index >= 15 is 0 Å². The van der Waals surface area contributed by atoms with Gasteiger partial charge in [0, 0.05) is 13.0 Å². The van der Waals surface area contributed by atoms with Gasteiger partial charge in [0.15, 0.2) is 0 Å². The number of carbonyl (C=O) groups is 2. The molecular formula is C22H35NO5. The van der Waals surface area contributed by atoms with Crippen LogP contribution in [0.2, 0.25) is 0 Å². The highest BCUT2D eigenvalue weighted by atomic mass is 16.6. The average molecular weight is 394 g/mol. The summed E-state index contributed by atoms with van der Waals surface area (Å²) in [7, 11) is 0. The van der Waals surface area contributed by atoms with E-state index in [0.717, 1.165) is 32.1 Å². The molecule has 0 amide bonds. The molecular weight excluding hydrogens is 358 g/mol. The molecule has 1 aliphatic heterocycles. The number of ether oxygens (including phenoxy) is 2. The van der Waals surface area contributed by atoms with Gasteiger partial charge in [-0.15, -0.1) is 0 Å².